The quantitative estimate of drug-likeness (QED) is 0.748. The van der Waals surface area contributed by atoms with E-state index in [0.29, 0.717) is 43.2 Å². The molecule has 0 fully saturated rings. The van der Waals surface area contributed by atoms with E-state index in [9.17, 15) is 4.39 Å². The second-order valence-corrected chi connectivity index (χ2v) is 3.74. The molecular weight excluding hydrogens is 273 g/mol. The highest BCUT2D eigenvalue weighted by Crippen LogP contribution is 2.35. The number of hydrogen-bond acceptors (Lipinski definition) is 4. The Morgan fingerprint density at radius 3 is 2.32 bits per heavy atom. The van der Waals surface area contributed by atoms with Crippen molar-refractivity contribution in [1.82, 2.24) is 0 Å². The van der Waals surface area contributed by atoms with E-state index in [1.807, 2.05) is 6.07 Å². The molecule has 0 bridgehead atoms. The third-order valence-electron chi connectivity index (χ3n) is 2.52. The van der Waals surface area contributed by atoms with E-state index in [1.165, 1.54) is 0 Å². The Morgan fingerprint density at radius 1 is 1.11 bits per heavy atom. The van der Waals surface area contributed by atoms with Crippen molar-refractivity contribution in [1.29, 1.82) is 0 Å². The molecule has 0 heterocycles. The molecule has 0 aliphatic rings. The monoisotopic (exact) mass is 293 g/mol. The number of ether oxygens (including phenoxy) is 3. The van der Waals surface area contributed by atoms with Gasteiger partial charge >= 0.3 is 0 Å². The van der Waals surface area contributed by atoms with Gasteiger partial charge in [-0.3, -0.25) is 4.39 Å². The van der Waals surface area contributed by atoms with E-state index in [0.717, 1.165) is 5.56 Å². The molecule has 110 valence electrons. The van der Waals surface area contributed by atoms with Crippen LogP contribution in [0.15, 0.2) is 12.1 Å². The first-order valence-electron chi connectivity index (χ1n) is 5.90. The lowest BCUT2D eigenvalue weighted by atomic mass is 10.1. The van der Waals surface area contributed by atoms with Gasteiger partial charge in [-0.15, -0.1) is 12.4 Å². The molecule has 0 saturated carbocycles. The maximum atomic E-state index is 12.0. The lowest BCUT2D eigenvalue weighted by Crippen LogP contribution is -2.06. The third kappa shape index (κ3) is 5.12. The predicted molar refractivity (Wildman–Crippen MR) is 75.6 cm³/mol. The molecule has 0 aliphatic heterocycles. The lowest BCUT2D eigenvalue weighted by Gasteiger charge is -2.15. The number of nitrogens with two attached hydrogens (primary N) is 1. The SMILES string of the molecule is COc1cc(OCCCF)c(OC)cc1CCN.Cl. The summed E-state index contributed by atoms with van der Waals surface area (Å²) >= 11 is 0. The summed E-state index contributed by atoms with van der Waals surface area (Å²) in [5, 5.41) is 0. The average molecular weight is 294 g/mol. The third-order valence-corrected chi connectivity index (χ3v) is 2.52. The highest BCUT2D eigenvalue weighted by Gasteiger charge is 2.11. The lowest BCUT2D eigenvalue weighted by molar-refractivity contribution is 0.271. The van der Waals surface area contributed by atoms with Crippen molar-refractivity contribution in [3.8, 4) is 17.2 Å². The minimum absolute atomic E-state index is 0. The Morgan fingerprint density at radius 2 is 1.79 bits per heavy atom. The summed E-state index contributed by atoms with van der Waals surface area (Å²) in [5.41, 5.74) is 6.51. The van der Waals surface area contributed by atoms with Gasteiger partial charge in [-0.05, 0) is 24.6 Å². The van der Waals surface area contributed by atoms with Crippen molar-refractivity contribution in [2.24, 2.45) is 5.73 Å². The zero-order chi connectivity index (χ0) is 13.4. The van der Waals surface area contributed by atoms with Crippen LogP contribution < -0.4 is 19.9 Å². The van der Waals surface area contributed by atoms with E-state index in [-0.39, 0.29) is 12.4 Å². The van der Waals surface area contributed by atoms with Crippen LogP contribution in [0.1, 0.15) is 12.0 Å². The Hall–Kier alpha value is -1.20. The summed E-state index contributed by atoms with van der Waals surface area (Å²) in [4.78, 5) is 0. The van der Waals surface area contributed by atoms with Gasteiger partial charge in [-0.2, -0.15) is 0 Å². The van der Waals surface area contributed by atoms with Crippen molar-refractivity contribution >= 4 is 12.4 Å². The maximum absolute atomic E-state index is 12.0. The first-order chi connectivity index (χ1) is 8.76. The fourth-order valence-electron chi connectivity index (χ4n) is 1.63. The number of halogens is 2. The van der Waals surface area contributed by atoms with Crippen molar-refractivity contribution < 1.29 is 18.6 Å². The van der Waals surface area contributed by atoms with Gasteiger partial charge in [0.25, 0.3) is 0 Å². The van der Waals surface area contributed by atoms with Crippen LogP contribution in [0, 0.1) is 0 Å². The summed E-state index contributed by atoms with van der Waals surface area (Å²) < 4.78 is 28.0. The van der Waals surface area contributed by atoms with Crippen LogP contribution in [0.2, 0.25) is 0 Å². The van der Waals surface area contributed by atoms with Crippen LogP contribution in [0.5, 0.6) is 17.2 Å². The van der Waals surface area contributed by atoms with Crippen molar-refractivity contribution in [2.45, 2.75) is 12.8 Å². The molecule has 0 aliphatic carbocycles. The van der Waals surface area contributed by atoms with Crippen LogP contribution in [-0.2, 0) is 6.42 Å². The zero-order valence-corrected chi connectivity index (χ0v) is 12.1. The average Bonchev–Trinajstić information content (AvgIpc) is 2.40. The van der Waals surface area contributed by atoms with Crippen LogP contribution in [0.25, 0.3) is 0 Å². The molecule has 0 atom stereocenters. The number of hydrogen-bond donors (Lipinski definition) is 1. The molecule has 0 aromatic heterocycles. The Labute approximate surface area is 119 Å². The Kier molecular flexibility index (Phi) is 9.08. The Bertz CT molecular complexity index is 377. The fourth-order valence-corrected chi connectivity index (χ4v) is 1.63. The van der Waals surface area contributed by atoms with Gasteiger partial charge in [-0.1, -0.05) is 0 Å². The van der Waals surface area contributed by atoms with Crippen LogP contribution in [0.3, 0.4) is 0 Å². The summed E-state index contributed by atoms with van der Waals surface area (Å²) in [7, 11) is 3.16. The smallest absolute Gasteiger partial charge is 0.164 e. The van der Waals surface area contributed by atoms with Gasteiger partial charge in [-0.25, -0.2) is 0 Å². The first kappa shape index (κ1) is 17.8. The van der Waals surface area contributed by atoms with Crippen LogP contribution in [0.4, 0.5) is 4.39 Å². The summed E-state index contributed by atoms with van der Waals surface area (Å²) in [6, 6.07) is 3.60. The molecule has 0 radical (unpaired) electrons. The molecular formula is C13H21ClFNO3. The van der Waals surface area contributed by atoms with Gasteiger partial charge in [0.2, 0.25) is 0 Å². The van der Waals surface area contributed by atoms with Crippen LogP contribution in [-0.4, -0.2) is 34.0 Å². The van der Waals surface area contributed by atoms with Crippen molar-refractivity contribution in [2.75, 3.05) is 34.0 Å². The van der Waals surface area contributed by atoms with Crippen molar-refractivity contribution in [3.63, 3.8) is 0 Å². The molecule has 19 heavy (non-hydrogen) atoms. The summed E-state index contributed by atoms with van der Waals surface area (Å²) in [5.74, 6) is 1.87. The molecule has 2 N–H and O–H groups in total. The minimum atomic E-state index is -0.398. The van der Waals surface area contributed by atoms with E-state index in [1.54, 1.807) is 20.3 Å². The molecule has 0 spiro atoms. The standard InChI is InChI=1S/C13H20FNO3.ClH/c1-16-11-9-13(18-7-3-5-14)12(17-2)8-10(11)4-6-15;/h8-9H,3-7,15H2,1-2H3;1H. The number of rotatable bonds is 8. The highest BCUT2D eigenvalue weighted by molar-refractivity contribution is 5.85. The second-order valence-electron chi connectivity index (χ2n) is 3.74. The topological polar surface area (TPSA) is 53.7 Å². The predicted octanol–water partition coefficient (Wildman–Crippen LogP) is 2.37. The highest BCUT2D eigenvalue weighted by atomic mass is 35.5. The van der Waals surface area contributed by atoms with Gasteiger partial charge < -0.3 is 19.9 Å². The van der Waals surface area contributed by atoms with Gasteiger partial charge in [0, 0.05) is 12.5 Å². The largest absolute Gasteiger partial charge is 0.496 e. The zero-order valence-electron chi connectivity index (χ0n) is 11.3. The fraction of sp³-hybridized carbons (Fsp3) is 0.538. The summed E-state index contributed by atoms with van der Waals surface area (Å²) in [6.45, 7) is 0.443. The molecule has 0 amide bonds. The number of alkyl halides is 1. The molecule has 0 saturated heterocycles. The first-order valence-corrected chi connectivity index (χ1v) is 5.90. The normalized spacial score (nSPS) is 9.68. The molecule has 1 aromatic rings. The second kappa shape index (κ2) is 9.69. The molecule has 1 aromatic carbocycles. The molecule has 0 unspecified atom stereocenters. The number of benzene rings is 1. The molecule has 4 nitrogen and oxygen atoms in total. The Balaban J connectivity index is 0.00000324. The molecule has 1 rings (SSSR count). The number of methoxy groups -OCH3 is 2. The van der Waals surface area contributed by atoms with Gasteiger partial charge in [0.05, 0.1) is 27.5 Å². The van der Waals surface area contributed by atoms with Gasteiger partial charge in [0.15, 0.2) is 11.5 Å². The van der Waals surface area contributed by atoms with E-state index >= 15 is 0 Å². The van der Waals surface area contributed by atoms with Gasteiger partial charge in [0.1, 0.15) is 5.75 Å². The summed E-state index contributed by atoms with van der Waals surface area (Å²) in [6.07, 6.45) is 1.06. The maximum Gasteiger partial charge on any atom is 0.164 e. The molecule has 6 heteroatoms. The minimum Gasteiger partial charge on any atom is -0.496 e. The van der Waals surface area contributed by atoms with Crippen molar-refractivity contribution in [3.05, 3.63) is 17.7 Å². The van der Waals surface area contributed by atoms with Crippen LogP contribution >= 0.6 is 12.4 Å². The van der Waals surface area contributed by atoms with E-state index < -0.39 is 6.67 Å². The van der Waals surface area contributed by atoms with E-state index in [4.69, 9.17) is 19.9 Å². The van der Waals surface area contributed by atoms with E-state index in [2.05, 4.69) is 0 Å².